The number of benzene rings is 1. The Labute approximate surface area is 295 Å². The van der Waals surface area contributed by atoms with E-state index in [4.69, 9.17) is 10.1 Å². The second-order valence-corrected chi connectivity index (χ2v) is 15.8. The molecule has 0 N–H and O–H groups in total. The van der Waals surface area contributed by atoms with Crippen LogP contribution in [-0.4, -0.2) is 49.2 Å². The molecule has 0 saturated heterocycles. The van der Waals surface area contributed by atoms with E-state index in [-0.39, 0.29) is 0 Å². The van der Waals surface area contributed by atoms with Gasteiger partial charge in [-0.3, -0.25) is 24.3 Å². The van der Waals surface area contributed by atoms with E-state index >= 15 is 0 Å². The lowest BCUT2D eigenvalue weighted by Gasteiger charge is -2.25. The van der Waals surface area contributed by atoms with Gasteiger partial charge in [0.1, 0.15) is 11.4 Å². The highest BCUT2D eigenvalue weighted by atomic mass is 79.9. The Hall–Kier alpha value is -4.48. The largest absolute Gasteiger partial charge is 0.268 e. The molecule has 49 heavy (non-hydrogen) atoms. The van der Waals surface area contributed by atoms with Crippen LogP contribution in [0.3, 0.4) is 0 Å². The van der Waals surface area contributed by atoms with E-state index in [1.54, 1.807) is 30.5 Å². The van der Waals surface area contributed by atoms with Crippen LogP contribution in [0.4, 0.5) is 0 Å². The van der Waals surface area contributed by atoms with Crippen molar-refractivity contribution in [2.75, 3.05) is 6.26 Å². The smallest absolute Gasteiger partial charge is 0.175 e. The highest BCUT2D eigenvalue weighted by Gasteiger charge is 2.24. The second kappa shape index (κ2) is 13.8. The topological polar surface area (TPSA) is 108 Å². The van der Waals surface area contributed by atoms with Gasteiger partial charge in [0.15, 0.2) is 9.84 Å². The van der Waals surface area contributed by atoms with Gasteiger partial charge in [0.05, 0.1) is 38.5 Å². The van der Waals surface area contributed by atoms with Crippen molar-refractivity contribution in [3.05, 3.63) is 107 Å². The van der Waals surface area contributed by atoms with Crippen LogP contribution in [0.2, 0.25) is 0 Å². The zero-order chi connectivity index (χ0) is 34.1. The van der Waals surface area contributed by atoms with Crippen LogP contribution in [-0.2, 0) is 9.84 Å². The third-order valence-corrected chi connectivity index (χ3v) is 10.9. The predicted octanol–water partition coefficient (Wildman–Crippen LogP) is 8.85. The predicted molar refractivity (Wildman–Crippen MR) is 196 cm³/mol. The molecular weight excluding hydrogens is 698 g/mol. The molecule has 0 aliphatic heterocycles. The molecule has 2 aliphatic carbocycles. The molecule has 2 saturated carbocycles. The Morgan fingerprint density at radius 1 is 0.694 bits per heavy atom. The third-order valence-electron chi connectivity index (χ3n) is 9.23. The zero-order valence-electron chi connectivity index (χ0n) is 27.8. The molecule has 11 heteroatoms. The Kier molecular flexibility index (Phi) is 9.30. The van der Waals surface area contributed by atoms with Gasteiger partial charge in [0.2, 0.25) is 0 Å². The van der Waals surface area contributed by atoms with E-state index in [2.05, 4.69) is 52.8 Å². The van der Waals surface area contributed by atoms with Gasteiger partial charge in [0, 0.05) is 47.4 Å². The maximum atomic E-state index is 11.8. The average molecular weight is 737 g/mol. The first-order chi connectivity index (χ1) is 23.6. The Bertz CT molecular complexity index is 2220. The highest BCUT2D eigenvalue weighted by Crippen LogP contribution is 2.38. The number of nitrogens with zero attached hydrogens (tertiary/aromatic N) is 7. The van der Waals surface area contributed by atoms with Crippen molar-refractivity contribution >= 4 is 25.8 Å². The molecule has 0 atom stereocenters. The molecule has 5 aromatic heterocycles. The molecule has 0 spiro atoms. The summed E-state index contributed by atoms with van der Waals surface area (Å²) in [6.45, 7) is 3.98. The second-order valence-electron chi connectivity index (χ2n) is 12.9. The minimum atomic E-state index is -3.23. The van der Waals surface area contributed by atoms with Crippen LogP contribution in [0.25, 0.3) is 45.2 Å². The molecule has 250 valence electrons. The van der Waals surface area contributed by atoms with Gasteiger partial charge >= 0.3 is 0 Å². The molecule has 9 nitrogen and oxygen atoms in total. The molecule has 1 aromatic carbocycles. The number of aryl methyl sites for hydroxylation is 2. The van der Waals surface area contributed by atoms with Crippen molar-refractivity contribution < 1.29 is 8.42 Å². The summed E-state index contributed by atoms with van der Waals surface area (Å²) in [5, 5.41) is 9.58. The van der Waals surface area contributed by atoms with Crippen molar-refractivity contribution in [2.24, 2.45) is 0 Å². The lowest BCUT2D eigenvalue weighted by Crippen LogP contribution is -2.17. The van der Waals surface area contributed by atoms with Gasteiger partial charge in [0.25, 0.3) is 0 Å². The minimum absolute atomic E-state index is 0.298. The summed E-state index contributed by atoms with van der Waals surface area (Å²) in [5.74, 6) is 0. The molecule has 0 amide bonds. The van der Waals surface area contributed by atoms with Crippen LogP contribution in [0.15, 0.2) is 101 Å². The normalized spacial score (nSPS) is 14.9. The maximum Gasteiger partial charge on any atom is 0.175 e. The van der Waals surface area contributed by atoms with Gasteiger partial charge in [-0.25, -0.2) is 8.42 Å². The molecule has 5 heterocycles. The van der Waals surface area contributed by atoms with Crippen LogP contribution in [0, 0.1) is 13.8 Å². The number of rotatable bonds is 7. The monoisotopic (exact) mass is 735 g/mol. The summed E-state index contributed by atoms with van der Waals surface area (Å²) in [6, 6.07) is 23.9. The SMILES string of the molecule is Cc1cccc(-c2nn(C3CCC3)cc2-c2ccnc(-c3ccc(S(C)(=O)=O)cc3)c2)n1.Cc1cccc(-c2nn(C3CCC3)cc2Br)n1. The van der Waals surface area contributed by atoms with Gasteiger partial charge < -0.3 is 0 Å². The first-order valence-electron chi connectivity index (χ1n) is 16.6. The fourth-order valence-electron chi connectivity index (χ4n) is 5.99. The van der Waals surface area contributed by atoms with Gasteiger partial charge in [-0.1, -0.05) is 24.3 Å². The summed E-state index contributed by atoms with van der Waals surface area (Å²) in [5.41, 5.74) is 9.25. The molecule has 6 aromatic rings. The average Bonchev–Trinajstić information content (AvgIpc) is 3.63. The van der Waals surface area contributed by atoms with Crippen molar-refractivity contribution in [2.45, 2.75) is 69.4 Å². The maximum absolute atomic E-state index is 11.8. The van der Waals surface area contributed by atoms with E-state index < -0.39 is 9.84 Å². The van der Waals surface area contributed by atoms with Crippen molar-refractivity contribution in [3.8, 4) is 45.2 Å². The molecule has 0 unspecified atom stereocenters. The number of hydrogen-bond donors (Lipinski definition) is 0. The van der Waals surface area contributed by atoms with Gasteiger partial charge in [-0.05, 0) is 122 Å². The highest BCUT2D eigenvalue weighted by molar-refractivity contribution is 9.10. The number of halogens is 1. The lowest BCUT2D eigenvalue weighted by atomic mass is 9.93. The Balaban J connectivity index is 0.000000186. The Morgan fingerprint density at radius 2 is 1.27 bits per heavy atom. The van der Waals surface area contributed by atoms with Crippen LogP contribution >= 0.6 is 15.9 Å². The van der Waals surface area contributed by atoms with Crippen LogP contribution < -0.4 is 0 Å². The fourth-order valence-corrected chi connectivity index (χ4v) is 7.11. The van der Waals surface area contributed by atoms with E-state index in [1.807, 2.05) is 62.4 Å². The number of sulfone groups is 1. The zero-order valence-corrected chi connectivity index (χ0v) is 30.2. The lowest BCUT2D eigenvalue weighted by molar-refractivity contribution is 0.289. The van der Waals surface area contributed by atoms with E-state index in [1.165, 1.54) is 31.9 Å². The minimum Gasteiger partial charge on any atom is -0.268 e. The Morgan fingerprint density at radius 3 is 1.82 bits per heavy atom. The summed E-state index contributed by atoms with van der Waals surface area (Å²) in [7, 11) is -3.23. The molecular formula is C38H38BrN7O2S. The summed E-state index contributed by atoms with van der Waals surface area (Å²) < 4.78 is 28.7. The number of hydrogen-bond acceptors (Lipinski definition) is 7. The van der Waals surface area contributed by atoms with E-state index in [0.717, 1.165) is 73.9 Å². The molecule has 8 rings (SSSR count). The summed E-state index contributed by atoms with van der Waals surface area (Å²) >= 11 is 3.58. The number of pyridine rings is 3. The molecule has 0 bridgehead atoms. The molecule has 0 radical (unpaired) electrons. The first kappa shape index (κ1) is 33.0. The molecule has 2 aliphatic rings. The fraction of sp³-hybridized carbons (Fsp3) is 0.289. The van der Waals surface area contributed by atoms with Crippen LogP contribution in [0.5, 0.6) is 0 Å². The van der Waals surface area contributed by atoms with E-state index in [0.29, 0.717) is 17.0 Å². The van der Waals surface area contributed by atoms with Crippen molar-refractivity contribution in [1.82, 2.24) is 34.5 Å². The number of aromatic nitrogens is 7. The van der Waals surface area contributed by atoms with E-state index in [9.17, 15) is 8.42 Å². The van der Waals surface area contributed by atoms with Crippen molar-refractivity contribution in [1.29, 1.82) is 0 Å². The first-order valence-corrected chi connectivity index (χ1v) is 19.3. The summed E-state index contributed by atoms with van der Waals surface area (Å²) in [4.78, 5) is 14.0. The standard InChI is InChI=1S/C25H24N4O2S.C13H14BrN3/c1-17-5-3-8-23(27-17)25-22(16-29(28-25)20-6-4-7-20)19-13-14-26-24(15-19)18-9-11-21(12-10-18)32(2,30)31;1-9-4-2-7-12(15-9)13-11(14)8-17(16-13)10-5-3-6-10/h3,5,8-16,20H,4,6-7H2,1-2H3;2,4,7-8,10H,3,5-6H2,1H3. The van der Waals surface area contributed by atoms with Crippen molar-refractivity contribution in [3.63, 3.8) is 0 Å². The van der Waals surface area contributed by atoms with Gasteiger partial charge in [-0.2, -0.15) is 10.2 Å². The van der Waals surface area contributed by atoms with Gasteiger partial charge in [-0.15, -0.1) is 0 Å². The van der Waals surface area contributed by atoms with Crippen LogP contribution in [0.1, 0.15) is 62.0 Å². The molecule has 2 fully saturated rings. The summed E-state index contributed by atoms with van der Waals surface area (Å²) in [6.07, 6.45) is 14.5. The third kappa shape index (κ3) is 7.28. The quantitative estimate of drug-likeness (QED) is 0.161.